The van der Waals surface area contributed by atoms with Crippen LogP contribution >= 0.6 is 21.6 Å². The van der Waals surface area contributed by atoms with Gasteiger partial charge >= 0.3 is 0 Å². The molecule has 1 heterocycles. The second-order valence-electron chi connectivity index (χ2n) is 2.11. The second-order valence-corrected chi connectivity index (χ2v) is 4.65. The Morgan fingerprint density at radius 2 is 2.18 bits per heavy atom. The van der Waals surface area contributed by atoms with Crippen molar-refractivity contribution in [1.29, 1.82) is 0 Å². The van der Waals surface area contributed by atoms with E-state index >= 15 is 0 Å². The van der Waals surface area contributed by atoms with E-state index in [1.54, 1.807) is 21.6 Å². The summed E-state index contributed by atoms with van der Waals surface area (Å²) in [6, 6.07) is 0. The van der Waals surface area contributed by atoms with E-state index in [-0.39, 0.29) is 0 Å². The molecule has 0 atom stereocenters. The van der Waals surface area contributed by atoms with Crippen molar-refractivity contribution in [2.24, 2.45) is 0 Å². The highest BCUT2D eigenvalue weighted by Gasteiger charge is 2.04. The Kier molecular flexibility index (Phi) is 3.33. The van der Waals surface area contributed by atoms with Crippen LogP contribution in [-0.4, -0.2) is 10.7 Å². The maximum atomic E-state index is 5.35. The van der Waals surface area contributed by atoms with Gasteiger partial charge < -0.3 is 4.42 Å². The molecule has 0 aliphatic carbocycles. The number of aromatic nitrogens is 1. The molecule has 0 unspecified atom stereocenters. The first-order chi connectivity index (χ1) is 5.24. The van der Waals surface area contributed by atoms with E-state index in [0.29, 0.717) is 0 Å². The lowest BCUT2D eigenvalue weighted by molar-refractivity contribution is 0.432. The molecule has 1 aromatic heterocycles. The van der Waals surface area contributed by atoms with Gasteiger partial charge in [0.05, 0.1) is 5.69 Å². The third-order valence-corrected chi connectivity index (χ3v) is 3.42. The third-order valence-electron chi connectivity index (χ3n) is 1.26. The molecule has 62 valence electrons. The van der Waals surface area contributed by atoms with E-state index < -0.39 is 0 Å². The highest BCUT2D eigenvalue weighted by molar-refractivity contribution is 8.76. The summed E-state index contributed by atoms with van der Waals surface area (Å²) in [4.78, 5) is 4.22. The molecule has 0 N–H and O–H groups in total. The number of nitrogens with zero attached hydrogens (tertiary/aromatic N) is 1. The number of aryl methyl sites for hydroxylation is 2. The van der Waals surface area contributed by atoms with E-state index in [4.69, 9.17) is 4.42 Å². The predicted octanol–water partition coefficient (Wildman–Crippen LogP) is 3.05. The van der Waals surface area contributed by atoms with Gasteiger partial charge in [0.15, 0.2) is 0 Å². The number of rotatable bonds is 3. The third kappa shape index (κ3) is 2.45. The van der Waals surface area contributed by atoms with Gasteiger partial charge in [0, 0.05) is 16.5 Å². The van der Waals surface area contributed by atoms with E-state index in [1.807, 2.05) is 13.8 Å². The normalized spacial score (nSPS) is 10.5. The van der Waals surface area contributed by atoms with Gasteiger partial charge in [0.1, 0.15) is 5.76 Å². The minimum absolute atomic E-state index is 0.770. The fraction of sp³-hybridized carbons (Fsp3) is 0.571. The van der Waals surface area contributed by atoms with Gasteiger partial charge in [-0.3, -0.25) is 0 Å². The second kappa shape index (κ2) is 4.07. The average Bonchev–Trinajstić information content (AvgIpc) is 2.28. The van der Waals surface area contributed by atoms with Crippen LogP contribution < -0.4 is 0 Å². The zero-order valence-electron chi connectivity index (χ0n) is 6.88. The standard InChI is InChI=1S/C7H11NOS2/c1-4-10-11-7-8-5(2)6(3)9-7/h4H2,1-3H3. The van der Waals surface area contributed by atoms with Crippen molar-refractivity contribution in [2.45, 2.75) is 26.0 Å². The lowest BCUT2D eigenvalue weighted by Crippen LogP contribution is -1.71. The van der Waals surface area contributed by atoms with Crippen molar-refractivity contribution in [3.8, 4) is 0 Å². The molecule has 1 rings (SSSR count). The molecule has 11 heavy (non-hydrogen) atoms. The van der Waals surface area contributed by atoms with Crippen LogP contribution in [0.15, 0.2) is 9.64 Å². The van der Waals surface area contributed by atoms with Crippen LogP contribution in [0.3, 0.4) is 0 Å². The van der Waals surface area contributed by atoms with Crippen molar-refractivity contribution in [3.63, 3.8) is 0 Å². The summed E-state index contributed by atoms with van der Waals surface area (Å²) in [6.45, 7) is 6.00. The molecule has 0 radical (unpaired) electrons. The fourth-order valence-electron chi connectivity index (χ4n) is 0.588. The van der Waals surface area contributed by atoms with Gasteiger partial charge in [-0.2, -0.15) is 0 Å². The van der Waals surface area contributed by atoms with Crippen LogP contribution in [0.5, 0.6) is 0 Å². The van der Waals surface area contributed by atoms with Crippen LogP contribution in [0, 0.1) is 13.8 Å². The Morgan fingerprint density at radius 1 is 1.45 bits per heavy atom. The topological polar surface area (TPSA) is 26.0 Å². The molecule has 0 saturated carbocycles. The first kappa shape index (κ1) is 9.00. The monoisotopic (exact) mass is 189 g/mol. The van der Waals surface area contributed by atoms with Crippen molar-refractivity contribution < 1.29 is 4.42 Å². The van der Waals surface area contributed by atoms with Gasteiger partial charge in [-0.05, 0) is 13.8 Å². The van der Waals surface area contributed by atoms with Crippen LogP contribution in [0.1, 0.15) is 18.4 Å². The molecule has 0 aliphatic heterocycles. The molecule has 0 fully saturated rings. The molecular weight excluding hydrogens is 178 g/mol. The zero-order chi connectivity index (χ0) is 8.27. The molecule has 0 saturated heterocycles. The molecule has 0 bridgehead atoms. The van der Waals surface area contributed by atoms with Gasteiger partial charge in [0.25, 0.3) is 5.22 Å². The first-order valence-electron chi connectivity index (χ1n) is 3.47. The summed E-state index contributed by atoms with van der Waals surface area (Å²) in [5, 5.41) is 0.770. The minimum atomic E-state index is 0.770. The van der Waals surface area contributed by atoms with E-state index in [0.717, 1.165) is 22.4 Å². The highest BCUT2D eigenvalue weighted by Crippen LogP contribution is 2.30. The Morgan fingerprint density at radius 3 is 2.64 bits per heavy atom. The summed E-state index contributed by atoms with van der Waals surface area (Å²) in [7, 11) is 3.34. The number of hydrogen-bond acceptors (Lipinski definition) is 4. The van der Waals surface area contributed by atoms with Gasteiger partial charge in [0.2, 0.25) is 0 Å². The zero-order valence-corrected chi connectivity index (χ0v) is 8.51. The van der Waals surface area contributed by atoms with Crippen molar-refractivity contribution in [2.75, 3.05) is 5.75 Å². The van der Waals surface area contributed by atoms with Crippen LogP contribution in [0.4, 0.5) is 0 Å². The maximum Gasteiger partial charge on any atom is 0.267 e. The smallest absolute Gasteiger partial charge is 0.267 e. The van der Waals surface area contributed by atoms with E-state index in [9.17, 15) is 0 Å². The molecule has 4 heteroatoms. The Hall–Kier alpha value is -0.0900. The van der Waals surface area contributed by atoms with Gasteiger partial charge in [-0.15, -0.1) is 0 Å². The Labute approximate surface area is 74.6 Å². The fourth-order valence-corrected chi connectivity index (χ4v) is 2.01. The molecule has 0 aliphatic rings. The maximum absolute atomic E-state index is 5.35. The molecular formula is C7H11NOS2. The lowest BCUT2D eigenvalue weighted by Gasteiger charge is -1.88. The van der Waals surface area contributed by atoms with Crippen molar-refractivity contribution in [1.82, 2.24) is 4.98 Å². The summed E-state index contributed by atoms with van der Waals surface area (Å²) < 4.78 is 5.35. The van der Waals surface area contributed by atoms with Gasteiger partial charge in [-0.1, -0.05) is 17.7 Å². The van der Waals surface area contributed by atoms with E-state index in [1.165, 1.54) is 0 Å². The first-order valence-corrected chi connectivity index (χ1v) is 5.79. The lowest BCUT2D eigenvalue weighted by atomic mass is 10.4. The summed E-state index contributed by atoms with van der Waals surface area (Å²) in [6.07, 6.45) is 0. The minimum Gasteiger partial charge on any atom is -0.436 e. The Bertz CT molecular complexity index is 215. The van der Waals surface area contributed by atoms with E-state index in [2.05, 4.69) is 11.9 Å². The summed E-state index contributed by atoms with van der Waals surface area (Å²) in [5.41, 5.74) is 0.990. The van der Waals surface area contributed by atoms with Crippen LogP contribution in [0.25, 0.3) is 0 Å². The molecule has 0 amide bonds. The average molecular weight is 189 g/mol. The summed E-state index contributed by atoms with van der Waals surface area (Å²) >= 11 is 0. The van der Waals surface area contributed by atoms with Crippen LogP contribution in [0.2, 0.25) is 0 Å². The quantitative estimate of drug-likeness (QED) is 0.683. The van der Waals surface area contributed by atoms with Crippen LogP contribution in [-0.2, 0) is 0 Å². The Balaban J connectivity index is 2.58. The van der Waals surface area contributed by atoms with Crippen molar-refractivity contribution in [3.05, 3.63) is 11.5 Å². The molecule has 0 spiro atoms. The molecule has 0 aromatic carbocycles. The molecule has 2 nitrogen and oxygen atoms in total. The predicted molar refractivity (Wildman–Crippen MR) is 50.0 cm³/mol. The SMILES string of the molecule is CCSSc1nc(C)c(C)o1. The largest absolute Gasteiger partial charge is 0.436 e. The summed E-state index contributed by atoms with van der Waals surface area (Å²) in [5.74, 6) is 2.00. The van der Waals surface area contributed by atoms with Crippen molar-refractivity contribution >= 4 is 21.6 Å². The van der Waals surface area contributed by atoms with Gasteiger partial charge in [-0.25, -0.2) is 4.98 Å². The number of hydrogen-bond donors (Lipinski definition) is 0. The number of oxazole rings is 1. The highest BCUT2D eigenvalue weighted by atomic mass is 33.1. The molecule has 1 aromatic rings.